The zero-order valence-electron chi connectivity index (χ0n) is 13.7. The molecule has 1 amide bonds. The zero-order valence-corrected chi connectivity index (χ0v) is 13.7. The average molecular weight is 324 g/mol. The number of imidazole rings is 1. The summed E-state index contributed by atoms with van der Waals surface area (Å²) in [7, 11) is 1.96. The van der Waals surface area contributed by atoms with Crippen molar-refractivity contribution < 1.29 is 10.0 Å². The van der Waals surface area contributed by atoms with E-state index in [0.29, 0.717) is 5.56 Å². The topological polar surface area (TPSA) is 79.2 Å². The van der Waals surface area contributed by atoms with Crippen LogP contribution in [0, 0.1) is 0 Å². The van der Waals surface area contributed by atoms with E-state index in [4.69, 9.17) is 5.21 Å². The lowest BCUT2D eigenvalue weighted by molar-refractivity contribution is 0.0706. The molecule has 0 aliphatic carbocycles. The molecule has 1 aromatic heterocycles. The van der Waals surface area contributed by atoms with Gasteiger partial charge in [0.25, 0.3) is 5.91 Å². The number of fused-ring (bicyclic) bond motifs is 1. The molecule has 0 radical (unpaired) electrons. The third kappa shape index (κ3) is 3.15. The molecule has 1 heterocycles. The summed E-state index contributed by atoms with van der Waals surface area (Å²) in [4.78, 5) is 16.2. The van der Waals surface area contributed by atoms with Crippen molar-refractivity contribution in [3.8, 4) is 0 Å². The summed E-state index contributed by atoms with van der Waals surface area (Å²) >= 11 is 0. The number of aromatic nitrogens is 2. The number of aryl methyl sites for hydroxylation is 1. The van der Waals surface area contributed by atoms with Crippen LogP contribution in [-0.4, -0.2) is 20.7 Å². The Labute approximate surface area is 140 Å². The molecule has 6 heteroatoms. The number of carbonyl (C=O) groups excluding carboxylic acids is 1. The van der Waals surface area contributed by atoms with E-state index in [1.54, 1.807) is 17.6 Å². The number of hydrogen-bond donors (Lipinski definition) is 3. The van der Waals surface area contributed by atoms with Gasteiger partial charge in [0.05, 0.1) is 17.1 Å². The maximum Gasteiger partial charge on any atom is 0.274 e. The van der Waals surface area contributed by atoms with E-state index < -0.39 is 5.91 Å². The van der Waals surface area contributed by atoms with Gasteiger partial charge in [0, 0.05) is 19.2 Å². The molecule has 3 N–H and O–H groups in total. The molecule has 0 aliphatic heterocycles. The van der Waals surface area contributed by atoms with Crippen LogP contribution in [0.5, 0.6) is 0 Å². The third-order valence-electron chi connectivity index (χ3n) is 4.12. The van der Waals surface area contributed by atoms with Crippen molar-refractivity contribution in [1.82, 2.24) is 20.3 Å². The van der Waals surface area contributed by atoms with E-state index in [-0.39, 0.29) is 6.04 Å². The smallest absolute Gasteiger partial charge is 0.274 e. The molecule has 1 atom stereocenters. The maximum atomic E-state index is 11.5. The number of nitrogens with one attached hydrogen (secondary N) is 2. The first-order valence-corrected chi connectivity index (χ1v) is 7.78. The Balaban J connectivity index is 1.83. The highest BCUT2D eigenvalue weighted by molar-refractivity contribution is 5.96. The lowest BCUT2D eigenvalue weighted by Crippen LogP contribution is -2.21. The molecule has 3 aromatic rings. The number of benzene rings is 2. The first kappa shape index (κ1) is 16.2. The number of rotatable bonds is 5. The van der Waals surface area contributed by atoms with E-state index in [1.165, 1.54) is 5.56 Å². The van der Waals surface area contributed by atoms with Crippen molar-refractivity contribution in [2.24, 2.45) is 7.05 Å². The van der Waals surface area contributed by atoms with Crippen LogP contribution in [0.25, 0.3) is 11.0 Å². The fourth-order valence-corrected chi connectivity index (χ4v) is 2.77. The van der Waals surface area contributed by atoms with E-state index in [0.717, 1.165) is 23.4 Å². The monoisotopic (exact) mass is 324 g/mol. The number of nitrogens with zero attached hydrogens (tertiary/aromatic N) is 2. The van der Waals surface area contributed by atoms with Gasteiger partial charge in [0.1, 0.15) is 5.82 Å². The molecule has 6 nitrogen and oxygen atoms in total. The van der Waals surface area contributed by atoms with Crippen molar-refractivity contribution in [3.05, 3.63) is 65.5 Å². The van der Waals surface area contributed by atoms with Gasteiger partial charge in [-0.05, 0) is 30.7 Å². The summed E-state index contributed by atoms with van der Waals surface area (Å²) in [5.74, 6) is 0.349. The number of amides is 1. The Morgan fingerprint density at radius 1 is 1.25 bits per heavy atom. The van der Waals surface area contributed by atoms with E-state index >= 15 is 0 Å². The van der Waals surface area contributed by atoms with Crippen LogP contribution < -0.4 is 10.8 Å². The molecule has 0 spiro atoms. The second-order valence-corrected chi connectivity index (χ2v) is 5.76. The summed E-state index contributed by atoms with van der Waals surface area (Å²) in [6.45, 7) is 2.81. The average Bonchev–Trinajstić information content (AvgIpc) is 2.96. The first-order chi connectivity index (χ1) is 11.6. The van der Waals surface area contributed by atoms with Crippen molar-refractivity contribution in [2.75, 3.05) is 0 Å². The highest BCUT2D eigenvalue weighted by Crippen LogP contribution is 2.21. The molecular formula is C18H20N4O2. The van der Waals surface area contributed by atoms with Crippen molar-refractivity contribution in [3.63, 3.8) is 0 Å². The van der Waals surface area contributed by atoms with Gasteiger partial charge in [-0.2, -0.15) is 0 Å². The standard InChI is InChI=1S/C18H20N4O2/c1-12(19-11-13-6-4-3-5-7-13)17-20-15-10-14(18(23)21-24)8-9-16(15)22(17)2/h3-10,12,19,24H,11H2,1-2H3,(H,21,23)/t12-/m0/s1. The zero-order chi connectivity index (χ0) is 17.1. The van der Waals surface area contributed by atoms with Crippen LogP contribution in [0.1, 0.15) is 34.7 Å². The van der Waals surface area contributed by atoms with E-state index in [2.05, 4.69) is 29.4 Å². The van der Waals surface area contributed by atoms with Gasteiger partial charge in [-0.3, -0.25) is 10.0 Å². The van der Waals surface area contributed by atoms with Crippen LogP contribution >= 0.6 is 0 Å². The third-order valence-corrected chi connectivity index (χ3v) is 4.12. The summed E-state index contributed by atoms with van der Waals surface area (Å²) < 4.78 is 2.01. The highest BCUT2D eigenvalue weighted by Gasteiger charge is 2.15. The van der Waals surface area contributed by atoms with Gasteiger partial charge >= 0.3 is 0 Å². The quantitative estimate of drug-likeness (QED) is 0.498. The number of hydroxylamine groups is 1. The second-order valence-electron chi connectivity index (χ2n) is 5.76. The molecule has 2 aromatic carbocycles. The largest absolute Gasteiger partial charge is 0.330 e. The Kier molecular flexibility index (Phi) is 4.59. The Morgan fingerprint density at radius 2 is 2.00 bits per heavy atom. The van der Waals surface area contributed by atoms with Crippen molar-refractivity contribution in [1.29, 1.82) is 0 Å². The summed E-state index contributed by atoms with van der Waals surface area (Å²) in [5, 5.41) is 12.2. The molecule has 0 bridgehead atoms. The van der Waals surface area contributed by atoms with Crippen LogP contribution in [0.4, 0.5) is 0 Å². The minimum absolute atomic E-state index is 0.0534. The number of hydrogen-bond acceptors (Lipinski definition) is 4. The molecule has 0 unspecified atom stereocenters. The minimum atomic E-state index is -0.542. The molecule has 24 heavy (non-hydrogen) atoms. The lowest BCUT2D eigenvalue weighted by Gasteiger charge is -2.13. The summed E-state index contributed by atoms with van der Waals surface area (Å²) in [5.41, 5.74) is 4.89. The van der Waals surface area contributed by atoms with Gasteiger partial charge < -0.3 is 9.88 Å². The van der Waals surface area contributed by atoms with Crippen LogP contribution in [0.15, 0.2) is 48.5 Å². The molecule has 0 fully saturated rings. The Bertz CT molecular complexity index is 858. The molecule has 0 saturated heterocycles. The van der Waals surface area contributed by atoms with Crippen molar-refractivity contribution in [2.45, 2.75) is 19.5 Å². The normalized spacial score (nSPS) is 12.3. The summed E-state index contributed by atoms with van der Waals surface area (Å²) in [6, 6.07) is 15.4. The number of carbonyl (C=O) groups is 1. The second kappa shape index (κ2) is 6.82. The predicted molar refractivity (Wildman–Crippen MR) is 91.7 cm³/mol. The van der Waals surface area contributed by atoms with E-state index in [1.807, 2.05) is 35.9 Å². The SMILES string of the molecule is C[C@H](NCc1ccccc1)c1nc2cc(C(=O)NO)ccc2n1C. The lowest BCUT2D eigenvalue weighted by atomic mass is 10.2. The molecule has 124 valence electrons. The Morgan fingerprint density at radius 3 is 2.71 bits per heavy atom. The molecule has 0 saturated carbocycles. The summed E-state index contributed by atoms with van der Waals surface area (Å²) in [6.07, 6.45) is 0. The fourth-order valence-electron chi connectivity index (χ4n) is 2.77. The molecular weight excluding hydrogens is 304 g/mol. The van der Waals surface area contributed by atoms with Gasteiger partial charge in [-0.25, -0.2) is 10.5 Å². The highest BCUT2D eigenvalue weighted by atomic mass is 16.5. The van der Waals surface area contributed by atoms with Crippen molar-refractivity contribution >= 4 is 16.9 Å². The van der Waals surface area contributed by atoms with E-state index in [9.17, 15) is 4.79 Å². The minimum Gasteiger partial charge on any atom is -0.330 e. The Hall–Kier alpha value is -2.70. The fraction of sp³-hybridized carbons (Fsp3) is 0.222. The van der Waals surface area contributed by atoms with Gasteiger partial charge in [0.15, 0.2) is 0 Å². The predicted octanol–water partition coefficient (Wildman–Crippen LogP) is 2.54. The van der Waals surface area contributed by atoms with Gasteiger partial charge in [0.2, 0.25) is 0 Å². The van der Waals surface area contributed by atoms with Crippen LogP contribution in [0.2, 0.25) is 0 Å². The van der Waals surface area contributed by atoms with Gasteiger partial charge in [-0.1, -0.05) is 30.3 Å². The van der Waals surface area contributed by atoms with Crippen LogP contribution in [0.3, 0.4) is 0 Å². The van der Waals surface area contributed by atoms with Crippen LogP contribution in [-0.2, 0) is 13.6 Å². The maximum absolute atomic E-state index is 11.5. The van der Waals surface area contributed by atoms with Gasteiger partial charge in [-0.15, -0.1) is 0 Å². The molecule has 3 rings (SSSR count). The molecule has 0 aliphatic rings. The first-order valence-electron chi connectivity index (χ1n) is 7.78.